The van der Waals surface area contributed by atoms with Crippen LogP contribution in [-0.4, -0.2) is 44.8 Å². The van der Waals surface area contributed by atoms with Crippen LogP contribution in [0.15, 0.2) is 23.4 Å². The first-order valence-corrected chi connectivity index (χ1v) is 12.9. The zero-order chi connectivity index (χ0) is 25.0. The van der Waals surface area contributed by atoms with Gasteiger partial charge < -0.3 is 14.6 Å². The quantitative estimate of drug-likeness (QED) is 0.209. The number of aromatic nitrogens is 3. The largest absolute Gasteiger partial charge is 0.462 e. The number of rotatable bonds is 9. The Kier molecular flexibility index (Phi) is 8.75. The third-order valence-electron chi connectivity index (χ3n) is 4.74. The van der Waals surface area contributed by atoms with Gasteiger partial charge in [-0.3, -0.25) is 9.59 Å². The number of halogens is 2. The number of carbonyl (C=O) groups excluding carboxylic acids is 3. The number of hydrogen-bond acceptors (Lipinski definition) is 8. The number of nitrogens with one attached hydrogen (secondary N) is 1. The minimum Gasteiger partial charge on any atom is -0.462 e. The molecule has 180 valence electrons. The Bertz CT molecular complexity index is 1260. The molecule has 1 N–H and O–H groups in total. The van der Waals surface area contributed by atoms with E-state index in [9.17, 15) is 14.4 Å². The van der Waals surface area contributed by atoms with Crippen LogP contribution < -0.4 is 5.32 Å². The molecule has 1 amide bonds. The molecule has 1 aromatic carbocycles. The minimum atomic E-state index is -0.582. The molecule has 0 atom stereocenters. The molecule has 3 rings (SSSR count). The summed E-state index contributed by atoms with van der Waals surface area (Å²) in [7, 11) is 0. The van der Waals surface area contributed by atoms with Crippen molar-refractivity contribution in [3.05, 3.63) is 44.2 Å². The van der Waals surface area contributed by atoms with Crippen molar-refractivity contribution in [2.75, 3.05) is 17.7 Å². The molecule has 8 nitrogen and oxygen atoms in total. The third-order valence-corrected chi connectivity index (χ3v) is 7.56. The Morgan fingerprint density at radius 3 is 2.56 bits per heavy atom. The Morgan fingerprint density at radius 1 is 1.21 bits per heavy atom. The monoisotopic (exact) mass is 540 g/mol. The van der Waals surface area contributed by atoms with E-state index in [1.807, 2.05) is 11.5 Å². The van der Waals surface area contributed by atoms with Crippen molar-refractivity contribution in [2.45, 2.75) is 39.4 Å². The molecule has 0 aliphatic heterocycles. The molecule has 0 saturated carbocycles. The zero-order valence-electron chi connectivity index (χ0n) is 18.9. The number of benzene rings is 1. The van der Waals surface area contributed by atoms with Crippen LogP contribution in [-0.2, 0) is 16.1 Å². The highest BCUT2D eigenvalue weighted by Crippen LogP contribution is 2.35. The van der Waals surface area contributed by atoms with Gasteiger partial charge in [0.05, 0.1) is 27.8 Å². The van der Waals surface area contributed by atoms with Gasteiger partial charge in [-0.25, -0.2) is 4.79 Å². The average Bonchev–Trinajstić information content (AvgIpc) is 3.32. The van der Waals surface area contributed by atoms with Gasteiger partial charge in [0, 0.05) is 17.1 Å². The molecule has 0 bridgehead atoms. The summed E-state index contributed by atoms with van der Waals surface area (Å²) in [4.78, 5) is 37.5. The van der Waals surface area contributed by atoms with E-state index in [1.54, 1.807) is 32.0 Å². The third kappa shape index (κ3) is 5.63. The molecule has 0 fully saturated rings. The summed E-state index contributed by atoms with van der Waals surface area (Å²) >= 11 is 14.6. The van der Waals surface area contributed by atoms with Gasteiger partial charge in [0.2, 0.25) is 5.91 Å². The number of thiophene rings is 1. The van der Waals surface area contributed by atoms with E-state index in [2.05, 4.69) is 15.5 Å². The topological polar surface area (TPSA) is 103 Å². The van der Waals surface area contributed by atoms with Crippen LogP contribution in [0.4, 0.5) is 5.00 Å². The number of esters is 1. The van der Waals surface area contributed by atoms with Gasteiger partial charge in [0.25, 0.3) is 0 Å². The van der Waals surface area contributed by atoms with Gasteiger partial charge in [-0.15, -0.1) is 21.5 Å². The zero-order valence-corrected chi connectivity index (χ0v) is 22.0. The molecule has 2 aromatic heterocycles. The van der Waals surface area contributed by atoms with Crippen molar-refractivity contribution >= 4 is 69.0 Å². The minimum absolute atomic E-state index is 0.0150. The molecule has 3 aromatic rings. The fourth-order valence-electron chi connectivity index (χ4n) is 3.23. The lowest BCUT2D eigenvalue weighted by atomic mass is 10.1. The summed E-state index contributed by atoms with van der Waals surface area (Å²) in [5.74, 6) is -0.546. The highest BCUT2D eigenvalue weighted by molar-refractivity contribution is 7.99. The number of thioether (sulfide) groups is 1. The SMILES string of the molecule is CCOC(=O)c1c(NC(=O)CSc2nnc(-c3ccc(Cl)cc3Cl)n2CC)sc(C(C)=O)c1C. The standard InChI is InChI=1S/C22H22Cl2N4O4S2/c1-5-28-19(14-8-7-13(23)9-15(14)24)26-27-22(28)33-10-16(30)25-20-17(21(31)32-6-2)11(3)18(34-20)12(4)29/h7-9H,5-6,10H2,1-4H3,(H,25,30). The second-order valence-corrected chi connectivity index (χ2v) is 9.86. The summed E-state index contributed by atoms with van der Waals surface area (Å²) in [6.07, 6.45) is 0. The highest BCUT2D eigenvalue weighted by atomic mass is 35.5. The number of ether oxygens (including phenoxy) is 1. The van der Waals surface area contributed by atoms with E-state index in [1.165, 1.54) is 18.7 Å². The van der Waals surface area contributed by atoms with E-state index >= 15 is 0 Å². The van der Waals surface area contributed by atoms with E-state index in [-0.39, 0.29) is 34.6 Å². The number of hydrogen-bond donors (Lipinski definition) is 1. The number of anilines is 1. The van der Waals surface area contributed by atoms with Crippen LogP contribution in [0, 0.1) is 6.92 Å². The molecule has 0 aliphatic carbocycles. The summed E-state index contributed by atoms with van der Waals surface area (Å²) in [6.45, 7) is 7.44. The summed E-state index contributed by atoms with van der Waals surface area (Å²) in [6, 6.07) is 5.12. The summed E-state index contributed by atoms with van der Waals surface area (Å²) in [5.41, 5.74) is 1.38. The van der Waals surface area contributed by atoms with Crippen LogP contribution in [0.2, 0.25) is 10.0 Å². The Balaban J connectivity index is 1.79. The van der Waals surface area contributed by atoms with Crippen molar-refractivity contribution < 1.29 is 19.1 Å². The molecule has 0 radical (unpaired) electrons. The van der Waals surface area contributed by atoms with Gasteiger partial charge in [-0.2, -0.15) is 0 Å². The number of ketones is 1. The molecule has 34 heavy (non-hydrogen) atoms. The molecule has 0 unspecified atom stereocenters. The van der Waals surface area contributed by atoms with Crippen LogP contribution >= 0.6 is 46.3 Å². The van der Waals surface area contributed by atoms with Crippen molar-refractivity contribution in [1.29, 1.82) is 0 Å². The van der Waals surface area contributed by atoms with E-state index in [4.69, 9.17) is 27.9 Å². The number of carbonyl (C=O) groups is 3. The van der Waals surface area contributed by atoms with Gasteiger partial charge >= 0.3 is 5.97 Å². The molecule has 0 saturated heterocycles. The second-order valence-electron chi connectivity index (χ2n) is 7.05. The lowest BCUT2D eigenvalue weighted by Crippen LogP contribution is -2.17. The fourth-order valence-corrected chi connectivity index (χ4v) is 5.63. The first-order chi connectivity index (χ1) is 16.2. The first-order valence-electron chi connectivity index (χ1n) is 10.3. The Morgan fingerprint density at radius 2 is 1.94 bits per heavy atom. The molecule has 2 heterocycles. The molecule has 0 aliphatic rings. The normalized spacial score (nSPS) is 10.9. The van der Waals surface area contributed by atoms with Gasteiger partial charge in [0.1, 0.15) is 5.00 Å². The van der Waals surface area contributed by atoms with Gasteiger partial charge in [-0.1, -0.05) is 35.0 Å². The van der Waals surface area contributed by atoms with Gasteiger partial charge in [-0.05, 0) is 51.5 Å². The van der Waals surface area contributed by atoms with E-state index in [0.29, 0.717) is 43.6 Å². The molecular weight excluding hydrogens is 519 g/mol. The second kappa shape index (κ2) is 11.4. The van der Waals surface area contributed by atoms with Crippen molar-refractivity contribution in [3.8, 4) is 11.4 Å². The fraction of sp³-hybridized carbons (Fsp3) is 0.318. The summed E-state index contributed by atoms with van der Waals surface area (Å²) < 4.78 is 6.95. The highest BCUT2D eigenvalue weighted by Gasteiger charge is 2.25. The molecular formula is C22H22Cl2N4O4S2. The smallest absolute Gasteiger partial charge is 0.341 e. The Hall–Kier alpha value is -2.40. The maximum atomic E-state index is 12.7. The number of amides is 1. The van der Waals surface area contributed by atoms with Gasteiger partial charge in [0.15, 0.2) is 16.8 Å². The summed E-state index contributed by atoms with van der Waals surface area (Å²) in [5, 5.41) is 13.0. The lowest BCUT2D eigenvalue weighted by Gasteiger charge is -2.09. The molecule has 0 spiro atoms. The number of Topliss-reactive ketones (excluding diaryl/α,β-unsaturated/α-hetero) is 1. The predicted octanol–water partition coefficient (Wildman–Crippen LogP) is 5.75. The maximum absolute atomic E-state index is 12.7. The van der Waals surface area contributed by atoms with Crippen LogP contribution in [0.1, 0.15) is 46.4 Å². The lowest BCUT2D eigenvalue weighted by molar-refractivity contribution is -0.113. The van der Waals surface area contributed by atoms with Crippen molar-refractivity contribution in [1.82, 2.24) is 14.8 Å². The average molecular weight is 541 g/mol. The number of nitrogens with zero attached hydrogens (tertiary/aromatic N) is 3. The van der Waals surface area contributed by atoms with E-state index < -0.39 is 5.97 Å². The van der Waals surface area contributed by atoms with E-state index in [0.717, 1.165) is 11.3 Å². The first kappa shape index (κ1) is 26.2. The predicted molar refractivity (Wildman–Crippen MR) is 136 cm³/mol. The van der Waals surface area contributed by atoms with Crippen LogP contribution in [0.25, 0.3) is 11.4 Å². The van der Waals surface area contributed by atoms with Crippen LogP contribution in [0.3, 0.4) is 0 Å². The van der Waals surface area contributed by atoms with Crippen LogP contribution in [0.5, 0.6) is 0 Å². The maximum Gasteiger partial charge on any atom is 0.341 e. The molecule has 12 heteroatoms. The Labute approximate surface area is 215 Å². The van der Waals surface area contributed by atoms with Crippen molar-refractivity contribution in [2.24, 2.45) is 0 Å². The van der Waals surface area contributed by atoms with Crippen molar-refractivity contribution in [3.63, 3.8) is 0 Å².